The van der Waals surface area contributed by atoms with Gasteiger partial charge in [-0.25, -0.2) is 4.85 Å². The molecule has 3 heteroatoms. The van der Waals surface area contributed by atoms with E-state index in [1.54, 1.807) is 0 Å². The number of benzene rings is 2. The van der Waals surface area contributed by atoms with Crippen molar-refractivity contribution in [3.05, 3.63) is 64.4 Å². The summed E-state index contributed by atoms with van der Waals surface area (Å²) in [6.45, 7) is 7.17. The average molecular weight is 287 g/mol. The molecule has 0 atom stereocenters. The van der Waals surface area contributed by atoms with E-state index in [2.05, 4.69) is 20.8 Å². The fourth-order valence-electron chi connectivity index (χ4n) is 1.67. The highest BCUT2D eigenvalue weighted by molar-refractivity contribution is 9.10. The fourth-order valence-corrected chi connectivity index (χ4v) is 2.05. The summed E-state index contributed by atoms with van der Waals surface area (Å²) in [4.78, 5) is 5.55. The van der Waals surface area contributed by atoms with Crippen LogP contribution in [0.4, 0.5) is 17.1 Å². The van der Waals surface area contributed by atoms with Gasteiger partial charge < -0.3 is 4.90 Å². The van der Waals surface area contributed by atoms with E-state index in [1.165, 1.54) is 0 Å². The van der Waals surface area contributed by atoms with Gasteiger partial charge in [-0.1, -0.05) is 40.2 Å². The number of halogens is 1. The van der Waals surface area contributed by atoms with Crippen LogP contribution in [0.25, 0.3) is 4.85 Å². The normalized spacial score (nSPS) is 9.71. The summed E-state index contributed by atoms with van der Waals surface area (Å²) < 4.78 is 1.03. The summed E-state index contributed by atoms with van der Waals surface area (Å²) in [5, 5.41) is 0. The Morgan fingerprint density at radius 2 is 1.88 bits per heavy atom. The van der Waals surface area contributed by atoms with Crippen LogP contribution in [-0.4, -0.2) is 7.05 Å². The molecule has 0 fully saturated rings. The Bertz CT molecular complexity index is 572. The summed E-state index contributed by atoms with van der Waals surface area (Å²) in [5.74, 6) is 0. The lowest BCUT2D eigenvalue weighted by Crippen LogP contribution is -2.09. The van der Waals surface area contributed by atoms with E-state index in [0.717, 1.165) is 15.8 Å². The Labute approximate surface area is 109 Å². The topological polar surface area (TPSA) is 7.60 Å². The molecule has 84 valence electrons. The first kappa shape index (κ1) is 11.7. The predicted octanol–water partition coefficient (Wildman–Crippen LogP) is 4.77. The molecule has 0 heterocycles. The largest absolute Gasteiger partial charge is 0.354 e. The molecule has 0 saturated heterocycles. The van der Waals surface area contributed by atoms with Crippen LogP contribution < -0.4 is 4.90 Å². The Morgan fingerprint density at radius 1 is 1.12 bits per heavy atom. The quantitative estimate of drug-likeness (QED) is 0.722. The molecule has 0 aliphatic heterocycles. The molecule has 0 N–H and O–H groups in total. The van der Waals surface area contributed by atoms with Crippen molar-refractivity contribution in [1.82, 2.24) is 0 Å². The molecule has 0 bridgehead atoms. The third-order valence-corrected chi connectivity index (χ3v) is 3.05. The van der Waals surface area contributed by atoms with Gasteiger partial charge in [0.1, 0.15) is 0 Å². The van der Waals surface area contributed by atoms with Gasteiger partial charge in [0.25, 0.3) is 0 Å². The van der Waals surface area contributed by atoms with Crippen molar-refractivity contribution in [2.24, 2.45) is 0 Å². The monoisotopic (exact) mass is 286 g/mol. The summed E-state index contributed by atoms with van der Waals surface area (Å²) in [7, 11) is 1.96. The Kier molecular flexibility index (Phi) is 3.46. The maximum Gasteiger partial charge on any atom is 0.210 e. The SMILES string of the molecule is [C-]#[N+]c1ccccc1N(C)c1cccc(Br)c1. The summed E-state index contributed by atoms with van der Waals surface area (Å²) >= 11 is 3.45. The molecule has 0 saturated carbocycles. The van der Waals surface area contributed by atoms with Crippen molar-refractivity contribution >= 4 is 33.0 Å². The Morgan fingerprint density at radius 3 is 2.59 bits per heavy atom. The molecule has 2 nitrogen and oxygen atoms in total. The first-order chi connectivity index (χ1) is 8.22. The van der Waals surface area contributed by atoms with E-state index < -0.39 is 0 Å². The Hall–Kier alpha value is -1.79. The zero-order valence-electron chi connectivity index (χ0n) is 9.39. The molecule has 0 amide bonds. The van der Waals surface area contributed by atoms with Crippen molar-refractivity contribution in [2.45, 2.75) is 0 Å². The van der Waals surface area contributed by atoms with Crippen molar-refractivity contribution < 1.29 is 0 Å². The molecule has 2 aromatic rings. The predicted molar refractivity (Wildman–Crippen MR) is 74.9 cm³/mol. The van der Waals surface area contributed by atoms with E-state index in [4.69, 9.17) is 6.57 Å². The molecule has 0 spiro atoms. The zero-order valence-corrected chi connectivity index (χ0v) is 11.0. The number of rotatable bonds is 2. The summed E-state index contributed by atoms with van der Waals surface area (Å²) in [6, 6.07) is 15.6. The van der Waals surface area contributed by atoms with Crippen molar-refractivity contribution in [3.8, 4) is 0 Å². The van der Waals surface area contributed by atoms with E-state index in [1.807, 2.05) is 60.5 Å². The van der Waals surface area contributed by atoms with Crippen LogP contribution in [0.1, 0.15) is 0 Å². The highest BCUT2D eigenvalue weighted by Gasteiger charge is 2.08. The minimum Gasteiger partial charge on any atom is -0.354 e. The lowest BCUT2D eigenvalue weighted by molar-refractivity contribution is 1.21. The molecule has 0 unspecified atom stereocenters. The number of anilines is 2. The van der Waals surface area contributed by atoms with Crippen LogP contribution in [0, 0.1) is 6.57 Å². The highest BCUT2D eigenvalue weighted by Crippen LogP contribution is 2.33. The molecular weight excluding hydrogens is 276 g/mol. The summed E-state index contributed by atoms with van der Waals surface area (Å²) in [6.07, 6.45) is 0. The first-order valence-electron chi connectivity index (χ1n) is 5.18. The van der Waals surface area contributed by atoms with Gasteiger partial charge in [-0.3, -0.25) is 0 Å². The molecular formula is C14H11BrN2. The molecule has 0 aliphatic rings. The minimum atomic E-state index is 0.662. The standard InChI is InChI=1S/C14H11BrN2/c1-16-13-8-3-4-9-14(13)17(2)12-7-5-6-11(15)10-12/h3-10H,2H3. The third-order valence-electron chi connectivity index (χ3n) is 2.56. The third kappa shape index (κ3) is 2.48. The van der Waals surface area contributed by atoms with Crippen molar-refractivity contribution in [3.63, 3.8) is 0 Å². The van der Waals surface area contributed by atoms with Crippen LogP contribution in [0.15, 0.2) is 53.0 Å². The van der Waals surface area contributed by atoms with Crippen molar-refractivity contribution in [1.29, 1.82) is 0 Å². The Balaban J connectivity index is 2.44. The van der Waals surface area contributed by atoms with E-state index in [-0.39, 0.29) is 0 Å². The molecule has 0 aromatic heterocycles. The molecule has 0 radical (unpaired) electrons. The average Bonchev–Trinajstić information content (AvgIpc) is 2.38. The van der Waals surface area contributed by atoms with E-state index in [9.17, 15) is 0 Å². The van der Waals surface area contributed by atoms with Crippen LogP contribution in [0.2, 0.25) is 0 Å². The van der Waals surface area contributed by atoms with Crippen LogP contribution in [0.3, 0.4) is 0 Å². The maximum atomic E-state index is 7.17. The van der Waals surface area contributed by atoms with Gasteiger partial charge in [-0.2, -0.15) is 0 Å². The van der Waals surface area contributed by atoms with Gasteiger partial charge in [0.2, 0.25) is 5.69 Å². The smallest absolute Gasteiger partial charge is 0.210 e. The van der Waals surface area contributed by atoms with Crippen LogP contribution >= 0.6 is 15.9 Å². The minimum absolute atomic E-state index is 0.662. The van der Waals surface area contributed by atoms with Gasteiger partial charge in [-0.05, 0) is 24.3 Å². The molecule has 2 rings (SSSR count). The zero-order chi connectivity index (χ0) is 12.3. The number of para-hydroxylation sites is 2. The number of hydrogen-bond donors (Lipinski definition) is 0. The van der Waals surface area contributed by atoms with E-state index in [0.29, 0.717) is 5.69 Å². The molecule has 17 heavy (non-hydrogen) atoms. The van der Waals surface area contributed by atoms with Crippen molar-refractivity contribution in [2.75, 3.05) is 11.9 Å². The maximum absolute atomic E-state index is 7.17. The summed E-state index contributed by atoms with van der Waals surface area (Å²) in [5.41, 5.74) is 2.63. The van der Waals surface area contributed by atoms with Gasteiger partial charge in [-0.15, -0.1) is 0 Å². The lowest BCUT2D eigenvalue weighted by Gasteiger charge is -2.21. The van der Waals surface area contributed by atoms with Gasteiger partial charge in [0.15, 0.2) is 0 Å². The van der Waals surface area contributed by atoms with Gasteiger partial charge in [0, 0.05) is 22.9 Å². The molecule has 0 aliphatic carbocycles. The van der Waals surface area contributed by atoms with Gasteiger partial charge >= 0.3 is 0 Å². The van der Waals surface area contributed by atoms with Gasteiger partial charge in [0.05, 0.1) is 6.57 Å². The number of nitrogens with zero attached hydrogens (tertiary/aromatic N) is 2. The highest BCUT2D eigenvalue weighted by atomic mass is 79.9. The lowest BCUT2D eigenvalue weighted by atomic mass is 10.2. The fraction of sp³-hybridized carbons (Fsp3) is 0.0714. The first-order valence-corrected chi connectivity index (χ1v) is 5.97. The number of hydrogen-bond acceptors (Lipinski definition) is 1. The van der Waals surface area contributed by atoms with Crippen LogP contribution in [0.5, 0.6) is 0 Å². The second kappa shape index (κ2) is 5.03. The second-order valence-corrected chi connectivity index (χ2v) is 4.56. The van der Waals surface area contributed by atoms with Crippen LogP contribution in [-0.2, 0) is 0 Å². The molecule has 2 aromatic carbocycles. The second-order valence-electron chi connectivity index (χ2n) is 3.64. The van der Waals surface area contributed by atoms with E-state index >= 15 is 0 Å².